The molecule has 184 valence electrons. The zero-order valence-electron chi connectivity index (χ0n) is 20.0. The molecule has 35 heavy (non-hydrogen) atoms. The van der Waals surface area contributed by atoms with Crippen LogP contribution in [0.25, 0.3) is 0 Å². The molecule has 3 rings (SSSR count). The Morgan fingerprint density at radius 3 is 2.09 bits per heavy atom. The summed E-state index contributed by atoms with van der Waals surface area (Å²) in [4.78, 5) is 26.8. The number of amides is 2. The van der Waals surface area contributed by atoms with E-state index in [0.29, 0.717) is 11.3 Å². The van der Waals surface area contributed by atoms with E-state index in [2.05, 4.69) is 15.6 Å². The van der Waals surface area contributed by atoms with Crippen LogP contribution < -0.4 is 25.2 Å². The summed E-state index contributed by atoms with van der Waals surface area (Å²) in [7, 11) is 0.974. The monoisotopic (exact) mass is 496 g/mol. The van der Waals surface area contributed by atoms with Crippen molar-refractivity contribution in [3.63, 3.8) is 0 Å². The van der Waals surface area contributed by atoms with Gasteiger partial charge in [-0.1, -0.05) is 25.1 Å². The lowest BCUT2D eigenvalue weighted by Gasteiger charge is -2.15. The maximum Gasteiger partial charge on any atom is 0.269 e. The Hall–Kier alpha value is -4.05. The number of nitrogens with one attached hydrogen (secondary N) is 3. The Morgan fingerprint density at radius 2 is 1.51 bits per heavy atom. The standard InChI is InChI=1S/C25H28N4O5S/c1-5-17-9-12-20(13-10-17)28-35(32,33)23-16-19(11-14-22(23)34-4)25(31)27-26-24(30)18-7-6-8-21(15-18)29(2)3/h6-16,28H,5H2,1-4H3,(H,26,30)(H,27,31). The van der Waals surface area contributed by atoms with Gasteiger partial charge < -0.3 is 9.64 Å². The van der Waals surface area contributed by atoms with Crippen LogP contribution in [0.15, 0.2) is 71.6 Å². The zero-order valence-corrected chi connectivity index (χ0v) is 20.8. The van der Waals surface area contributed by atoms with Gasteiger partial charge in [-0.3, -0.25) is 25.2 Å². The number of nitrogens with zero attached hydrogens (tertiary/aromatic N) is 1. The van der Waals surface area contributed by atoms with Crippen molar-refractivity contribution < 1.29 is 22.7 Å². The molecule has 0 spiro atoms. The number of carbonyl (C=O) groups is 2. The average molecular weight is 497 g/mol. The molecule has 0 aliphatic rings. The lowest BCUT2D eigenvalue weighted by atomic mass is 10.2. The number of anilines is 2. The van der Waals surface area contributed by atoms with Crippen LogP contribution in [-0.4, -0.2) is 41.4 Å². The van der Waals surface area contributed by atoms with Crippen LogP contribution in [0.5, 0.6) is 5.75 Å². The summed E-state index contributed by atoms with van der Waals surface area (Å²) in [6.07, 6.45) is 0.829. The molecule has 3 N–H and O–H groups in total. The zero-order chi connectivity index (χ0) is 25.6. The highest BCUT2D eigenvalue weighted by Gasteiger charge is 2.22. The van der Waals surface area contributed by atoms with Gasteiger partial charge in [0, 0.05) is 36.6 Å². The van der Waals surface area contributed by atoms with Gasteiger partial charge in [-0.25, -0.2) is 8.42 Å². The number of hydrogen-bond acceptors (Lipinski definition) is 6. The van der Waals surface area contributed by atoms with Crippen LogP contribution in [0.3, 0.4) is 0 Å². The minimum Gasteiger partial charge on any atom is -0.495 e. The van der Waals surface area contributed by atoms with Crippen LogP contribution in [-0.2, 0) is 16.4 Å². The summed E-state index contributed by atoms with van der Waals surface area (Å²) < 4.78 is 33.8. The molecule has 0 aliphatic heterocycles. The average Bonchev–Trinajstić information content (AvgIpc) is 2.86. The second kappa shape index (κ2) is 10.9. The van der Waals surface area contributed by atoms with Gasteiger partial charge in [0.15, 0.2) is 0 Å². The quantitative estimate of drug-likeness (QED) is 0.413. The first-order chi connectivity index (χ1) is 16.6. The van der Waals surface area contributed by atoms with Crippen molar-refractivity contribution in [1.29, 1.82) is 0 Å². The molecule has 2 amide bonds. The SMILES string of the molecule is CCc1ccc(NS(=O)(=O)c2cc(C(=O)NNC(=O)c3cccc(N(C)C)c3)ccc2OC)cc1. The van der Waals surface area contributed by atoms with Crippen LogP contribution >= 0.6 is 0 Å². The van der Waals surface area contributed by atoms with Gasteiger partial charge >= 0.3 is 0 Å². The smallest absolute Gasteiger partial charge is 0.269 e. The molecule has 10 heteroatoms. The lowest BCUT2D eigenvalue weighted by Crippen LogP contribution is -2.41. The lowest BCUT2D eigenvalue weighted by molar-refractivity contribution is 0.0846. The predicted molar refractivity (Wildman–Crippen MR) is 135 cm³/mol. The third-order valence-electron chi connectivity index (χ3n) is 5.24. The second-order valence-electron chi connectivity index (χ2n) is 7.87. The fourth-order valence-electron chi connectivity index (χ4n) is 3.23. The summed E-state index contributed by atoms with van der Waals surface area (Å²) in [5.74, 6) is -1.13. The van der Waals surface area contributed by atoms with Crippen molar-refractivity contribution in [2.75, 3.05) is 30.8 Å². The summed E-state index contributed by atoms with van der Waals surface area (Å²) in [5, 5.41) is 0. The van der Waals surface area contributed by atoms with E-state index in [1.165, 1.54) is 25.3 Å². The highest BCUT2D eigenvalue weighted by atomic mass is 32.2. The minimum absolute atomic E-state index is 0.0230. The van der Waals surface area contributed by atoms with Gasteiger partial charge in [-0.2, -0.15) is 0 Å². The van der Waals surface area contributed by atoms with E-state index >= 15 is 0 Å². The Balaban J connectivity index is 1.77. The number of carbonyl (C=O) groups excluding carboxylic acids is 2. The highest BCUT2D eigenvalue weighted by Crippen LogP contribution is 2.27. The molecule has 0 saturated heterocycles. The third-order valence-corrected chi connectivity index (χ3v) is 6.65. The van der Waals surface area contributed by atoms with Crippen LogP contribution in [0.2, 0.25) is 0 Å². The summed E-state index contributed by atoms with van der Waals surface area (Å²) in [6.45, 7) is 2.00. The Kier molecular flexibility index (Phi) is 7.98. The van der Waals surface area contributed by atoms with Gasteiger partial charge in [0.2, 0.25) is 0 Å². The van der Waals surface area contributed by atoms with Crippen molar-refractivity contribution in [3.8, 4) is 5.75 Å². The van der Waals surface area contributed by atoms with E-state index in [-0.39, 0.29) is 16.2 Å². The van der Waals surface area contributed by atoms with Gasteiger partial charge in [0.1, 0.15) is 10.6 Å². The van der Waals surface area contributed by atoms with E-state index < -0.39 is 21.8 Å². The molecule has 3 aromatic rings. The van der Waals surface area contributed by atoms with Crippen molar-refractivity contribution in [2.24, 2.45) is 0 Å². The molecule has 0 atom stereocenters. The van der Waals surface area contributed by atoms with Crippen molar-refractivity contribution >= 4 is 33.2 Å². The molecule has 0 heterocycles. The largest absolute Gasteiger partial charge is 0.495 e. The number of hydrogen-bond donors (Lipinski definition) is 3. The van der Waals surface area contributed by atoms with Gasteiger partial charge in [-0.15, -0.1) is 0 Å². The van der Waals surface area contributed by atoms with Crippen molar-refractivity contribution in [3.05, 3.63) is 83.4 Å². The fourth-order valence-corrected chi connectivity index (χ4v) is 4.48. The molecular weight excluding hydrogens is 468 g/mol. The maximum atomic E-state index is 13.1. The number of rotatable bonds is 8. The van der Waals surface area contributed by atoms with Crippen LogP contribution in [0.1, 0.15) is 33.2 Å². The molecule has 0 bridgehead atoms. The van der Waals surface area contributed by atoms with Crippen LogP contribution in [0.4, 0.5) is 11.4 Å². The summed E-state index contributed by atoms with van der Waals surface area (Å²) in [5.41, 5.74) is 7.32. The van der Waals surface area contributed by atoms with E-state index in [4.69, 9.17) is 4.74 Å². The number of ether oxygens (including phenoxy) is 1. The molecule has 0 aliphatic carbocycles. The number of methoxy groups -OCH3 is 1. The minimum atomic E-state index is -4.07. The van der Waals surface area contributed by atoms with E-state index in [1.807, 2.05) is 44.1 Å². The van der Waals surface area contributed by atoms with Gasteiger partial charge in [-0.05, 0) is 60.5 Å². The first-order valence-corrected chi connectivity index (χ1v) is 12.3. The third kappa shape index (κ3) is 6.30. The Bertz CT molecular complexity index is 1320. The number of hydrazine groups is 1. The number of aryl methyl sites for hydroxylation is 1. The summed E-state index contributed by atoms with van der Waals surface area (Å²) >= 11 is 0. The van der Waals surface area contributed by atoms with E-state index in [9.17, 15) is 18.0 Å². The van der Waals surface area contributed by atoms with Gasteiger partial charge in [0.25, 0.3) is 21.8 Å². The Morgan fingerprint density at radius 1 is 0.886 bits per heavy atom. The van der Waals surface area contributed by atoms with Crippen molar-refractivity contribution in [1.82, 2.24) is 10.9 Å². The first-order valence-electron chi connectivity index (χ1n) is 10.8. The van der Waals surface area contributed by atoms with Crippen LogP contribution in [0, 0.1) is 0 Å². The molecule has 0 fully saturated rings. The molecular formula is C25H28N4O5S. The summed E-state index contributed by atoms with van der Waals surface area (Å²) in [6, 6.07) is 17.8. The van der Waals surface area contributed by atoms with E-state index in [0.717, 1.165) is 17.7 Å². The van der Waals surface area contributed by atoms with Gasteiger partial charge in [0.05, 0.1) is 7.11 Å². The highest BCUT2D eigenvalue weighted by molar-refractivity contribution is 7.92. The molecule has 3 aromatic carbocycles. The predicted octanol–water partition coefficient (Wildman–Crippen LogP) is 3.20. The molecule has 0 radical (unpaired) electrons. The first kappa shape index (κ1) is 25.6. The topological polar surface area (TPSA) is 117 Å². The normalized spacial score (nSPS) is 10.9. The molecule has 9 nitrogen and oxygen atoms in total. The van der Waals surface area contributed by atoms with Crippen molar-refractivity contribution in [2.45, 2.75) is 18.2 Å². The molecule has 0 aromatic heterocycles. The Labute approximate surface area is 205 Å². The maximum absolute atomic E-state index is 13.1. The fraction of sp³-hybridized carbons (Fsp3) is 0.200. The number of benzene rings is 3. The van der Waals surface area contributed by atoms with E-state index in [1.54, 1.807) is 30.3 Å². The molecule has 0 saturated carbocycles. The number of sulfonamides is 1. The molecule has 0 unspecified atom stereocenters. The second-order valence-corrected chi connectivity index (χ2v) is 9.53.